The van der Waals surface area contributed by atoms with Gasteiger partial charge in [0.2, 0.25) is 0 Å². The summed E-state index contributed by atoms with van der Waals surface area (Å²) >= 11 is 3.46. The van der Waals surface area contributed by atoms with Gasteiger partial charge in [-0.25, -0.2) is 4.79 Å². The molecule has 0 heterocycles. The van der Waals surface area contributed by atoms with Crippen LogP contribution in [0.5, 0.6) is 0 Å². The van der Waals surface area contributed by atoms with Crippen LogP contribution >= 0.6 is 15.9 Å². The normalized spacial score (nSPS) is 13.5. The summed E-state index contributed by atoms with van der Waals surface area (Å²) in [4.78, 5) is 12.0. The molecule has 0 saturated carbocycles. The van der Waals surface area contributed by atoms with Gasteiger partial charge in [0.15, 0.2) is 0 Å². The van der Waals surface area contributed by atoms with E-state index in [0.29, 0.717) is 0 Å². The quantitative estimate of drug-likeness (QED) is 0.709. The highest BCUT2D eigenvalue weighted by Crippen LogP contribution is 2.22. The summed E-state index contributed by atoms with van der Waals surface area (Å²) in [6, 6.07) is 8.71. The van der Waals surface area contributed by atoms with Crippen LogP contribution in [0.2, 0.25) is 0 Å². The van der Waals surface area contributed by atoms with Crippen LogP contribution in [0.4, 0.5) is 4.79 Å². The maximum Gasteiger partial charge on any atom is 0.407 e. The summed E-state index contributed by atoms with van der Waals surface area (Å²) in [5.41, 5.74) is 2.22. The van der Waals surface area contributed by atoms with E-state index in [4.69, 9.17) is 4.74 Å². The number of nitrogens with one attached hydrogen (secondary N) is 1. The second-order valence-electron chi connectivity index (χ2n) is 7.97. The third-order valence-corrected chi connectivity index (χ3v) is 3.94. The van der Waals surface area contributed by atoms with Crippen molar-refractivity contribution < 1.29 is 9.53 Å². The Morgan fingerprint density at radius 2 is 1.70 bits per heavy atom. The van der Waals surface area contributed by atoms with E-state index in [2.05, 4.69) is 66.3 Å². The van der Waals surface area contributed by atoms with Gasteiger partial charge in [-0.15, -0.1) is 0 Å². The molecule has 0 fully saturated rings. The number of halogens is 1. The van der Waals surface area contributed by atoms with Crippen molar-refractivity contribution in [3.05, 3.63) is 35.4 Å². The van der Waals surface area contributed by atoms with Gasteiger partial charge in [-0.1, -0.05) is 61.0 Å². The van der Waals surface area contributed by atoms with Gasteiger partial charge in [0.25, 0.3) is 0 Å². The van der Waals surface area contributed by atoms with Gasteiger partial charge in [-0.3, -0.25) is 0 Å². The average Bonchev–Trinajstić information content (AvgIpc) is 2.36. The zero-order chi connectivity index (χ0) is 17.7. The van der Waals surface area contributed by atoms with E-state index in [1.54, 1.807) is 0 Å². The lowest BCUT2D eigenvalue weighted by Crippen LogP contribution is -2.40. The lowest BCUT2D eigenvalue weighted by atomic mass is 9.86. The van der Waals surface area contributed by atoms with E-state index in [1.807, 2.05) is 20.8 Å². The topological polar surface area (TPSA) is 38.3 Å². The maximum atomic E-state index is 12.0. The van der Waals surface area contributed by atoms with Crippen LogP contribution in [0.1, 0.15) is 59.1 Å². The molecule has 1 unspecified atom stereocenters. The number of carbonyl (C=O) groups excluding carboxylic acids is 1. The fraction of sp³-hybridized carbons (Fsp3) is 0.632. The van der Waals surface area contributed by atoms with Crippen molar-refractivity contribution in [2.75, 3.05) is 5.33 Å². The van der Waals surface area contributed by atoms with Crippen LogP contribution in [0.3, 0.4) is 0 Å². The Morgan fingerprint density at radius 3 is 2.13 bits per heavy atom. The van der Waals surface area contributed by atoms with E-state index in [9.17, 15) is 4.79 Å². The number of ether oxygens (including phenoxy) is 1. The number of benzene rings is 1. The molecule has 0 aromatic heterocycles. The number of rotatable bonds is 5. The van der Waals surface area contributed by atoms with E-state index >= 15 is 0 Å². The van der Waals surface area contributed by atoms with Crippen LogP contribution in [0.15, 0.2) is 24.3 Å². The van der Waals surface area contributed by atoms with E-state index in [1.165, 1.54) is 11.1 Å². The smallest absolute Gasteiger partial charge is 0.407 e. The van der Waals surface area contributed by atoms with Crippen molar-refractivity contribution in [3.8, 4) is 0 Å². The van der Waals surface area contributed by atoms with Crippen molar-refractivity contribution in [2.24, 2.45) is 0 Å². The molecule has 4 heteroatoms. The summed E-state index contributed by atoms with van der Waals surface area (Å²) in [5, 5.41) is 3.82. The van der Waals surface area contributed by atoms with Gasteiger partial charge < -0.3 is 10.1 Å². The first-order valence-corrected chi connectivity index (χ1v) is 9.28. The Morgan fingerprint density at radius 1 is 1.13 bits per heavy atom. The molecule has 0 aliphatic rings. The molecule has 0 radical (unpaired) electrons. The highest BCUT2D eigenvalue weighted by atomic mass is 79.9. The Balaban J connectivity index is 2.70. The highest BCUT2D eigenvalue weighted by Gasteiger charge is 2.20. The lowest BCUT2D eigenvalue weighted by Gasteiger charge is -2.24. The molecule has 1 atom stereocenters. The third-order valence-electron chi connectivity index (χ3n) is 3.48. The molecule has 3 nitrogen and oxygen atoms in total. The Hall–Kier alpha value is -1.03. The molecular formula is C19H30BrNO2. The van der Waals surface area contributed by atoms with Crippen molar-refractivity contribution in [2.45, 2.75) is 71.4 Å². The number of alkyl halides is 1. The van der Waals surface area contributed by atoms with E-state index in [-0.39, 0.29) is 17.6 Å². The second kappa shape index (κ2) is 8.18. The summed E-state index contributed by atoms with van der Waals surface area (Å²) in [6.45, 7) is 12.2. The van der Waals surface area contributed by atoms with Gasteiger partial charge in [0.05, 0.1) is 0 Å². The van der Waals surface area contributed by atoms with Crippen LogP contribution in [0.25, 0.3) is 0 Å². The summed E-state index contributed by atoms with van der Waals surface area (Å²) in [7, 11) is 0. The molecule has 0 aliphatic heterocycles. The molecule has 1 amide bonds. The largest absolute Gasteiger partial charge is 0.444 e. The van der Waals surface area contributed by atoms with Crippen LogP contribution < -0.4 is 5.32 Å². The molecular weight excluding hydrogens is 354 g/mol. The van der Waals surface area contributed by atoms with E-state index < -0.39 is 5.60 Å². The van der Waals surface area contributed by atoms with Crippen molar-refractivity contribution in [3.63, 3.8) is 0 Å². The Labute approximate surface area is 149 Å². The summed E-state index contributed by atoms with van der Waals surface area (Å²) in [5.74, 6) is 0. The zero-order valence-electron chi connectivity index (χ0n) is 15.2. The van der Waals surface area contributed by atoms with Gasteiger partial charge in [0.1, 0.15) is 5.60 Å². The minimum atomic E-state index is -0.475. The van der Waals surface area contributed by atoms with Gasteiger partial charge in [-0.2, -0.15) is 0 Å². The molecule has 1 N–H and O–H groups in total. The lowest BCUT2D eigenvalue weighted by molar-refractivity contribution is 0.0503. The maximum absolute atomic E-state index is 12.0. The van der Waals surface area contributed by atoms with Crippen molar-refractivity contribution in [1.82, 2.24) is 5.32 Å². The number of carbonyl (C=O) groups is 1. The first kappa shape index (κ1) is 20.0. The Kier molecular flexibility index (Phi) is 7.12. The molecule has 1 rings (SSSR count). The predicted octanol–water partition coefficient (Wildman–Crippen LogP) is 5.20. The van der Waals surface area contributed by atoms with Crippen molar-refractivity contribution >= 4 is 22.0 Å². The van der Waals surface area contributed by atoms with Crippen LogP contribution in [0, 0.1) is 0 Å². The first-order chi connectivity index (χ1) is 10.5. The molecule has 0 saturated heterocycles. The standard InChI is InChI=1S/C19H30BrNO2/c1-18(2,3)15-9-7-14(8-10-15)13-16(11-12-20)21-17(22)23-19(4,5)6/h7-10,16H,11-13H2,1-6H3,(H,21,22). The van der Waals surface area contributed by atoms with Gasteiger partial charge in [-0.05, 0) is 50.2 Å². The summed E-state index contributed by atoms with van der Waals surface area (Å²) < 4.78 is 5.35. The molecule has 0 aliphatic carbocycles. The molecule has 23 heavy (non-hydrogen) atoms. The van der Waals surface area contributed by atoms with Gasteiger partial charge >= 0.3 is 6.09 Å². The van der Waals surface area contributed by atoms with Crippen LogP contribution in [-0.2, 0) is 16.6 Å². The zero-order valence-corrected chi connectivity index (χ0v) is 16.8. The average molecular weight is 384 g/mol. The molecule has 0 bridgehead atoms. The monoisotopic (exact) mass is 383 g/mol. The predicted molar refractivity (Wildman–Crippen MR) is 100 cm³/mol. The van der Waals surface area contributed by atoms with E-state index in [0.717, 1.165) is 18.2 Å². The number of amides is 1. The number of hydrogen-bond donors (Lipinski definition) is 1. The molecule has 1 aromatic carbocycles. The first-order valence-electron chi connectivity index (χ1n) is 8.16. The summed E-state index contributed by atoms with van der Waals surface area (Å²) in [6.07, 6.45) is 1.31. The van der Waals surface area contributed by atoms with Crippen molar-refractivity contribution in [1.29, 1.82) is 0 Å². The minimum Gasteiger partial charge on any atom is -0.444 e. The number of alkyl carbamates (subject to hydrolysis) is 1. The SMILES string of the molecule is CC(C)(C)OC(=O)NC(CCBr)Cc1ccc(C(C)(C)C)cc1. The molecule has 1 aromatic rings. The molecule has 0 spiro atoms. The van der Waals surface area contributed by atoms with Gasteiger partial charge in [0, 0.05) is 11.4 Å². The third kappa shape index (κ3) is 7.87. The minimum absolute atomic E-state index is 0.0599. The second-order valence-corrected chi connectivity index (χ2v) is 8.76. The highest BCUT2D eigenvalue weighted by molar-refractivity contribution is 9.09. The Bertz CT molecular complexity index is 498. The number of hydrogen-bond acceptors (Lipinski definition) is 2. The molecule has 130 valence electrons. The fourth-order valence-corrected chi connectivity index (χ4v) is 2.81. The fourth-order valence-electron chi connectivity index (χ4n) is 2.26. The van der Waals surface area contributed by atoms with Crippen LogP contribution in [-0.4, -0.2) is 23.1 Å².